The monoisotopic (exact) mass is 260 g/mol. The number of rotatable bonds is 4. The quantitative estimate of drug-likeness (QED) is 0.896. The number of likely N-dealkylation sites (tertiary alicyclic amines) is 1. The molecule has 3 heteroatoms. The van der Waals surface area contributed by atoms with Crippen LogP contribution >= 0.6 is 0 Å². The molecule has 0 spiro atoms. The summed E-state index contributed by atoms with van der Waals surface area (Å²) >= 11 is 0. The van der Waals surface area contributed by atoms with E-state index in [4.69, 9.17) is 4.74 Å². The van der Waals surface area contributed by atoms with Gasteiger partial charge in [0, 0.05) is 26.2 Å². The largest absolute Gasteiger partial charge is 0.374 e. The van der Waals surface area contributed by atoms with Crippen LogP contribution in [0.4, 0.5) is 0 Å². The van der Waals surface area contributed by atoms with E-state index in [0.717, 1.165) is 19.6 Å². The van der Waals surface area contributed by atoms with Gasteiger partial charge in [0.1, 0.15) is 0 Å². The molecular formula is C16H24N2O. The van der Waals surface area contributed by atoms with Gasteiger partial charge < -0.3 is 10.1 Å². The Morgan fingerprint density at radius 3 is 2.53 bits per heavy atom. The Labute approximate surface area is 115 Å². The zero-order chi connectivity index (χ0) is 12.9. The van der Waals surface area contributed by atoms with Crippen LogP contribution in [0.3, 0.4) is 0 Å². The van der Waals surface area contributed by atoms with Crippen molar-refractivity contribution in [1.29, 1.82) is 0 Å². The van der Waals surface area contributed by atoms with Gasteiger partial charge in [-0.2, -0.15) is 0 Å². The summed E-state index contributed by atoms with van der Waals surface area (Å²) < 4.78 is 6.16. The molecule has 2 fully saturated rings. The summed E-state index contributed by atoms with van der Waals surface area (Å²) in [6.07, 6.45) is 4.50. The van der Waals surface area contributed by atoms with Crippen LogP contribution in [0.2, 0.25) is 0 Å². The highest BCUT2D eigenvalue weighted by atomic mass is 16.5. The summed E-state index contributed by atoms with van der Waals surface area (Å²) in [7, 11) is 0. The van der Waals surface area contributed by atoms with E-state index < -0.39 is 0 Å². The van der Waals surface area contributed by atoms with E-state index in [0.29, 0.717) is 12.2 Å². The predicted molar refractivity (Wildman–Crippen MR) is 77.1 cm³/mol. The Balaban J connectivity index is 1.41. The Morgan fingerprint density at radius 1 is 1.05 bits per heavy atom. The zero-order valence-corrected chi connectivity index (χ0v) is 11.6. The maximum atomic E-state index is 6.16. The number of nitrogens with zero attached hydrogens (tertiary/aromatic N) is 1. The lowest BCUT2D eigenvalue weighted by Gasteiger charge is -2.33. The molecule has 2 saturated heterocycles. The maximum Gasteiger partial charge on any atom is 0.0715 e. The van der Waals surface area contributed by atoms with Gasteiger partial charge >= 0.3 is 0 Å². The lowest BCUT2D eigenvalue weighted by Crippen LogP contribution is -2.38. The summed E-state index contributed by atoms with van der Waals surface area (Å²) in [5.74, 6) is 0. The molecule has 2 aliphatic rings. The first-order chi connectivity index (χ1) is 9.40. The molecule has 0 saturated carbocycles. The number of ether oxygens (including phenoxy) is 1. The lowest BCUT2D eigenvalue weighted by molar-refractivity contribution is -0.0346. The van der Waals surface area contributed by atoms with Gasteiger partial charge in [-0.1, -0.05) is 30.3 Å². The second-order valence-electron chi connectivity index (χ2n) is 5.71. The molecule has 2 aliphatic heterocycles. The summed E-state index contributed by atoms with van der Waals surface area (Å²) in [6.45, 7) is 5.58. The highest BCUT2D eigenvalue weighted by molar-refractivity contribution is 5.14. The smallest absolute Gasteiger partial charge is 0.0715 e. The molecule has 2 heterocycles. The molecular weight excluding hydrogens is 236 g/mol. The Bertz CT molecular complexity index is 368. The van der Waals surface area contributed by atoms with Crippen LogP contribution in [0.5, 0.6) is 0 Å². The normalized spacial score (nSPS) is 25.8. The minimum absolute atomic E-state index is 0.464. The van der Waals surface area contributed by atoms with Gasteiger partial charge in [-0.25, -0.2) is 0 Å². The van der Waals surface area contributed by atoms with Crippen molar-refractivity contribution in [1.82, 2.24) is 10.2 Å². The average molecular weight is 260 g/mol. The van der Waals surface area contributed by atoms with Crippen LogP contribution in [-0.2, 0) is 11.3 Å². The number of hydrogen-bond donors (Lipinski definition) is 1. The van der Waals surface area contributed by atoms with E-state index in [9.17, 15) is 0 Å². The molecule has 1 N–H and O–H groups in total. The van der Waals surface area contributed by atoms with Crippen molar-refractivity contribution in [2.24, 2.45) is 0 Å². The molecule has 0 amide bonds. The van der Waals surface area contributed by atoms with Crippen molar-refractivity contribution in [3.05, 3.63) is 35.9 Å². The molecule has 0 bridgehead atoms. The van der Waals surface area contributed by atoms with Crippen molar-refractivity contribution in [2.75, 3.05) is 26.2 Å². The topological polar surface area (TPSA) is 24.5 Å². The molecule has 0 aliphatic carbocycles. The number of benzene rings is 1. The maximum absolute atomic E-state index is 6.16. The SMILES string of the molecule is c1ccc(CN2CCC(O[C@@H]3CCNC3)CC2)cc1. The van der Waals surface area contributed by atoms with Crippen LogP contribution in [0, 0.1) is 0 Å². The van der Waals surface area contributed by atoms with Crippen LogP contribution in [0.1, 0.15) is 24.8 Å². The van der Waals surface area contributed by atoms with Gasteiger partial charge in [0.2, 0.25) is 0 Å². The fourth-order valence-electron chi connectivity index (χ4n) is 3.06. The molecule has 3 nitrogen and oxygen atoms in total. The summed E-state index contributed by atoms with van der Waals surface area (Å²) in [4.78, 5) is 2.54. The second-order valence-corrected chi connectivity index (χ2v) is 5.71. The molecule has 0 aromatic heterocycles. The first-order valence-electron chi connectivity index (χ1n) is 7.52. The van der Waals surface area contributed by atoms with Crippen LogP contribution in [0.15, 0.2) is 30.3 Å². The standard InChI is InChI=1S/C16H24N2O/c1-2-4-14(5-3-1)13-18-10-7-15(8-11-18)19-16-6-9-17-12-16/h1-5,15-17H,6-13H2/t16-/m1/s1. The zero-order valence-electron chi connectivity index (χ0n) is 11.6. The van der Waals surface area contributed by atoms with Crippen molar-refractivity contribution in [2.45, 2.75) is 38.0 Å². The van der Waals surface area contributed by atoms with Gasteiger partial charge in [0.05, 0.1) is 12.2 Å². The molecule has 1 atom stereocenters. The van der Waals surface area contributed by atoms with E-state index in [-0.39, 0.29) is 0 Å². The van der Waals surface area contributed by atoms with Crippen molar-refractivity contribution < 1.29 is 4.74 Å². The van der Waals surface area contributed by atoms with Crippen molar-refractivity contribution in [3.63, 3.8) is 0 Å². The molecule has 1 aromatic rings. The minimum Gasteiger partial charge on any atom is -0.374 e. The van der Waals surface area contributed by atoms with Crippen LogP contribution < -0.4 is 5.32 Å². The van der Waals surface area contributed by atoms with Gasteiger partial charge in [-0.05, 0) is 31.4 Å². The fraction of sp³-hybridized carbons (Fsp3) is 0.625. The van der Waals surface area contributed by atoms with E-state index in [1.165, 1.54) is 37.9 Å². The Kier molecular flexibility index (Phi) is 4.49. The molecule has 19 heavy (non-hydrogen) atoms. The van der Waals surface area contributed by atoms with Gasteiger partial charge in [-0.15, -0.1) is 0 Å². The second kappa shape index (κ2) is 6.51. The Morgan fingerprint density at radius 2 is 1.84 bits per heavy atom. The molecule has 3 rings (SSSR count). The van der Waals surface area contributed by atoms with Gasteiger partial charge in [-0.3, -0.25) is 4.90 Å². The molecule has 0 unspecified atom stereocenters. The third-order valence-corrected chi connectivity index (χ3v) is 4.18. The number of piperidine rings is 1. The summed E-state index contributed by atoms with van der Waals surface area (Å²) in [6, 6.07) is 10.8. The van der Waals surface area contributed by atoms with E-state index in [2.05, 4.69) is 40.5 Å². The highest BCUT2D eigenvalue weighted by Crippen LogP contribution is 2.19. The third-order valence-electron chi connectivity index (χ3n) is 4.18. The number of nitrogens with one attached hydrogen (secondary N) is 1. The predicted octanol–water partition coefficient (Wildman–Crippen LogP) is 2.03. The van der Waals surface area contributed by atoms with E-state index in [1.54, 1.807) is 0 Å². The molecule has 104 valence electrons. The first-order valence-corrected chi connectivity index (χ1v) is 7.52. The van der Waals surface area contributed by atoms with Gasteiger partial charge in [0.15, 0.2) is 0 Å². The summed E-state index contributed by atoms with van der Waals surface area (Å²) in [5.41, 5.74) is 1.42. The summed E-state index contributed by atoms with van der Waals surface area (Å²) in [5, 5.41) is 3.37. The Hall–Kier alpha value is -0.900. The molecule has 1 aromatic carbocycles. The number of hydrogen-bond acceptors (Lipinski definition) is 3. The third kappa shape index (κ3) is 3.78. The van der Waals surface area contributed by atoms with Crippen molar-refractivity contribution in [3.8, 4) is 0 Å². The van der Waals surface area contributed by atoms with Crippen LogP contribution in [-0.4, -0.2) is 43.3 Å². The first kappa shape index (κ1) is 13.1. The fourth-order valence-corrected chi connectivity index (χ4v) is 3.06. The van der Waals surface area contributed by atoms with Crippen molar-refractivity contribution >= 4 is 0 Å². The highest BCUT2D eigenvalue weighted by Gasteiger charge is 2.24. The lowest BCUT2D eigenvalue weighted by atomic mass is 10.1. The molecule has 0 radical (unpaired) electrons. The van der Waals surface area contributed by atoms with Crippen LogP contribution in [0.25, 0.3) is 0 Å². The average Bonchev–Trinajstić information content (AvgIpc) is 2.95. The minimum atomic E-state index is 0.464. The van der Waals surface area contributed by atoms with E-state index in [1.807, 2.05) is 0 Å². The van der Waals surface area contributed by atoms with E-state index >= 15 is 0 Å². The van der Waals surface area contributed by atoms with Gasteiger partial charge in [0.25, 0.3) is 0 Å².